The fourth-order valence-electron chi connectivity index (χ4n) is 2.75. The Hall–Kier alpha value is -2.12. The number of likely N-dealkylation sites (N-methyl/N-ethyl adjacent to an activating group) is 1. The summed E-state index contributed by atoms with van der Waals surface area (Å²) < 4.78 is 10.8. The Morgan fingerprint density at radius 3 is 3.16 bits per heavy atom. The number of rotatable bonds is 6. The van der Waals surface area contributed by atoms with Gasteiger partial charge in [0.25, 0.3) is 0 Å². The molecule has 0 radical (unpaired) electrons. The first kappa shape index (κ1) is 17.7. The lowest BCUT2D eigenvalue weighted by Crippen LogP contribution is -2.40. The Bertz CT molecular complexity index is 713. The van der Waals surface area contributed by atoms with E-state index in [1.54, 1.807) is 36.6 Å². The van der Waals surface area contributed by atoms with Gasteiger partial charge in [-0.3, -0.25) is 0 Å². The summed E-state index contributed by atoms with van der Waals surface area (Å²) in [5, 5.41) is 3.85. The molecule has 7 heteroatoms. The summed E-state index contributed by atoms with van der Waals surface area (Å²) in [5.74, 6) is 0.804. The van der Waals surface area contributed by atoms with Crippen molar-refractivity contribution in [2.75, 3.05) is 27.3 Å². The number of methoxy groups -OCH3 is 1. The number of benzene rings is 1. The standard InChI is InChI=1S/C18H23N3O3S/c1-21(12-15-7-4-8-24-15)18(22)20-11-16-10-19-17(25-16)13-5-3-6-14(9-13)23-2/h3,5-6,9-10,15H,4,7-8,11-12H2,1-2H3,(H,20,22)/t15-/m0/s1. The van der Waals surface area contributed by atoms with Crippen LogP contribution in [0, 0.1) is 0 Å². The predicted molar refractivity (Wildman–Crippen MR) is 97.9 cm³/mol. The minimum atomic E-state index is -0.0909. The van der Waals surface area contributed by atoms with Gasteiger partial charge in [0.15, 0.2) is 0 Å². The van der Waals surface area contributed by atoms with Gasteiger partial charge in [0.05, 0.1) is 19.8 Å². The van der Waals surface area contributed by atoms with E-state index in [2.05, 4.69) is 10.3 Å². The molecule has 1 saturated heterocycles. The Morgan fingerprint density at radius 1 is 1.52 bits per heavy atom. The van der Waals surface area contributed by atoms with Crippen molar-refractivity contribution < 1.29 is 14.3 Å². The predicted octanol–water partition coefficient (Wildman–Crippen LogP) is 3.14. The molecule has 2 heterocycles. The number of ether oxygens (including phenoxy) is 2. The molecule has 2 amide bonds. The van der Waals surface area contributed by atoms with Gasteiger partial charge in [-0.25, -0.2) is 9.78 Å². The number of urea groups is 1. The monoisotopic (exact) mass is 361 g/mol. The van der Waals surface area contributed by atoms with Crippen LogP contribution >= 0.6 is 11.3 Å². The van der Waals surface area contributed by atoms with E-state index in [4.69, 9.17) is 9.47 Å². The van der Waals surface area contributed by atoms with Crippen molar-refractivity contribution in [1.29, 1.82) is 0 Å². The second-order valence-corrected chi connectivity index (χ2v) is 7.15. The highest BCUT2D eigenvalue weighted by Crippen LogP contribution is 2.27. The number of carbonyl (C=O) groups is 1. The van der Waals surface area contributed by atoms with E-state index in [1.165, 1.54) is 0 Å². The van der Waals surface area contributed by atoms with E-state index in [1.807, 2.05) is 24.3 Å². The van der Waals surface area contributed by atoms with Crippen LogP contribution in [0.5, 0.6) is 5.75 Å². The van der Waals surface area contributed by atoms with Crippen LogP contribution in [0.25, 0.3) is 10.6 Å². The first-order valence-corrected chi connectivity index (χ1v) is 9.17. The van der Waals surface area contributed by atoms with Crippen LogP contribution < -0.4 is 10.1 Å². The van der Waals surface area contributed by atoms with Crippen LogP contribution in [-0.2, 0) is 11.3 Å². The maximum Gasteiger partial charge on any atom is 0.317 e. The Labute approximate surface area is 151 Å². The average Bonchev–Trinajstić information content (AvgIpc) is 3.31. The second kappa shape index (κ2) is 8.31. The lowest BCUT2D eigenvalue weighted by molar-refractivity contribution is 0.0874. The minimum absolute atomic E-state index is 0.0909. The fourth-order valence-corrected chi connectivity index (χ4v) is 3.60. The average molecular weight is 361 g/mol. The summed E-state index contributed by atoms with van der Waals surface area (Å²) >= 11 is 1.57. The second-order valence-electron chi connectivity index (χ2n) is 6.04. The number of thiazole rings is 1. The summed E-state index contributed by atoms with van der Waals surface area (Å²) in [4.78, 5) is 19.3. The van der Waals surface area contributed by atoms with E-state index in [0.717, 1.165) is 40.6 Å². The van der Waals surface area contributed by atoms with Gasteiger partial charge in [0.1, 0.15) is 10.8 Å². The summed E-state index contributed by atoms with van der Waals surface area (Å²) in [6, 6.07) is 7.71. The highest BCUT2D eigenvalue weighted by molar-refractivity contribution is 7.15. The molecule has 25 heavy (non-hydrogen) atoms. The molecule has 1 aliphatic rings. The normalized spacial score (nSPS) is 16.6. The zero-order valence-corrected chi connectivity index (χ0v) is 15.3. The molecule has 1 aromatic heterocycles. The number of nitrogens with one attached hydrogen (secondary N) is 1. The highest BCUT2D eigenvalue weighted by atomic mass is 32.1. The highest BCUT2D eigenvalue weighted by Gasteiger charge is 2.20. The number of aromatic nitrogens is 1. The molecule has 1 aliphatic heterocycles. The molecule has 1 aromatic carbocycles. The lowest BCUT2D eigenvalue weighted by Gasteiger charge is -2.21. The van der Waals surface area contributed by atoms with Gasteiger partial charge >= 0.3 is 6.03 Å². The lowest BCUT2D eigenvalue weighted by atomic mass is 10.2. The number of nitrogens with zero attached hydrogens (tertiary/aromatic N) is 2. The van der Waals surface area contributed by atoms with Crippen LogP contribution in [0.4, 0.5) is 4.79 Å². The molecule has 2 aromatic rings. The van der Waals surface area contributed by atoms with Crippen molar-refractivity contribution in [3.8, 4) is 16.3 Å². The van der Waals surface area contributed by atoms with Gasteiger partial charge in [-0.05, 0) is 25.0 Å². The van der Waals surface area contributed by atoms with Crippen LogP contribution in [0.2, 0.25) is 0 Å². The first-order chi connectivity index (χ1) is 12.2. The Morgan fingerprint density at radius 2 is 2.40 bits per heavy atom. The van der Waals surface area contributed by atoms with Crippen LogP contribution in [-0.4, -0.2) is 49.3 Å². The van der Waals surface area contributed by atoms with Crippen LogP contribution in [0.3, 0.4) is 0 Å². The molecule has 134 valence electrons. The van der Waals surface area contributed by atoms with Gasteiger partial charge in [-0.1, -0.05) is 12.1 Å². The summed E-state index contributed by atoms with van der Waals surface area (Å²) in [7, 11) is 3.44. The maximum atomic E-state index is 12.2. The first-order valence-electron chi connectivity index (χ1n) is 8.35. The van der Waals surface area contributed by atoms with Gasteiger partial charge in [-0.2, -0.15) is 0 Å². The van der Waals surface area contributed by atoms with Gasteiger partial charge < -0.3 is 19.7 Å². The SMILES string of the molecule is COc1cccc(-c2ncc(CNC(=O)N(C)C[C@@H]3CCCO3)s2)c1. The van der Waals surface area contributed by atoms with Crippen LogP contribution in [0.15, 0.2) is 30.5 Å². The van der Waals surface area contributed by atoms with Crippen LogP contribution in [0.1, 0.15) is 17.7 Å². The van der Waals surface area contributed by atoms with E-state index < -0.39 is 0 Å². The van der Waals surface area contributed by atoms with Gasteiger partial charge in [0.2, 0.25) is 0 Å². The number of hydrogen-bond donors (Lipinski definition) is 1. The molecule has 1 N–H and O–H groups in total. The van der Waals surface area contributed by atoms with E-state index >= 15 is 0 Å². The molecular formula is C18H23N3O3S. The quantitative estimate of drug-likeness (QED) is 0.858. The topological polar surface area (TPSA) is 63.7 Å². The zero-order valence-electron chi connectivity index (χ0n) is 14.5. The van der Waals surface area contributed by atoms with Crippen molar-refractivity contribution >= 4 is 17.4 Å². The zero-order chi connectivity index (χ0) is 17.6. The number of hydrogen-bond acceptors (Lipinski definition) is 5. The van der Waals surface area contributed by atoms with Gasteiger partial charge in [-0.15, -0.1) is 11.3 Å². The third-order valence-electron chi connectivity index (χ3n) is 4.13. The molecule has 0 saturated carbocycles. The molecule has 0 spiro atoms. The summed E-state index contributed by atoms with van der Waals surface area (Å²) in [5.41, 5.74) is 1.01. The number of amides is 2. The van der Waals surface area contributed by atoms with Gasteiger partial charge in [0, 0.05) is 36.8 Å². The van der Waals surface area contributed by atoms with Crippen molar-refractivity contribution in [2.24, 2.45) is 0 Å². The summed E-state index contributed by atoms with van der Waals surface area (Å²) in [6.45, 7) is 1.90. The Kier molecular flexibility index (Phi) is 5.88. The smallest absolute Gasteiger partial charge is 0.317 e. The molecular weight excluding hydrogens is 338 g/mol. The maximum absolute atomic E-state index is 12.2. The molecule has 1 atom stereocenters. The van der Waals surface area contributed by atoms with Crippen molar-refractivity contribution in [3.63, 3.8) is 0 Å². The Balaban J connectivity index is 1.53. The fraction of sp³-hybridized carbons (Fsp3) is 0.444. The minimum Gasteiger partial charge on any atom is -0.497 e. The van der Waals surface area contributed by atoms with E-state index in [0.29, 0.717) is 13.1 Å². The van der Waals surface area contributed by atoms with E-state index in [-0.39, 0.29) is 12.1 Å². The largest absolute Gasteiger partial charge is 0.497 e. The molecule has 6 nitrogen and oxygen atoms in total. The molecule has 0 aliphatic carbocycles. The third kappa shape index (κ3) is 4.70. The van der Waals surface area contributed by atoms with E-state index in [9.17, 15) is 4.79 Å². The molecule has 1 fully saturated rings. The molecule has 0 bridgehead atoms. The summed E-state index contributed by atoms with van der Waals surface area (Å²) in [6.07, 6.45) is 4.07. The van der Waals surface area contributed by atoms with Crippen molar-refractivity contribution in [2.45, 2.75) is 25.5 Å². The van der Waals surface area contributed by atoms with Crippen molar-refractivity contribution in [3.05, 3.63) is 35.3 Å². The van der Waals surface area contributed by atoms with Crippen molar-refractivity contribution in [1.82, 2.24) is 15.2 Å². The third-order valence-corrected chi connectivity index (χ3v) is 5.18. The molecule has 3 rings (SSSR count). The molecule has 0 unspecified atom stereocenters. The number of carbonyl (C=O) groups excluding carboxylic acids is 1.